The summed E-state index contributed by atoms with van der Waals surface area (Å²) in [6.45, 7) is 0. The van der Waals surface area contributed by atoms with E-state index in [1.165, 1.54) is 17.5 Å². The van der Waals surface area contributed by atoms with Crippen LogP contribution in [0, 0.1) is 0 Å². The van der Waals surface area contributed by atoms with Crippen LogP contribution in [0.25, 0.3) is 0 Å². The van der Waals surface area contributed by atoms with Crippen molar-refractivity contribution >= 4 is 5.78 Å². The number of ketones is 1. The zero-order valence-corrected chi connectivity index (χ0v) is 9.39. The molecule has 0 spiro atoms. The average molecular weight is 220 g/mol. The molecule has 0 aromatic heterocycles. The van der Waals surface area contributed by atoms with Gasteiger partial charge in [-0.15, -0.1) is 0 Å². The maximum Gasteiger partial charge on any atom is 0.193 e. The molecule has 0 heterocycles. The van der Waals surface area contributed by atoms with Gasteiger partial charge < -0.3 is 0 Å². The third-order valence-electron chi connectivity index (χ3n) is 4.00. The molecule has 17 heavy (non-hydrogen) atoms. The summed E-state index contributed by atoms with van der Waals surface area (Å²) in [5.41, 5.74) is 4.31. The first-order valence-electron chi connectivity index (χ1n) is 6.09. The maximum atomic E-state index is 12.5. The zero-order valence-electron chi connectivity index (χ0n) is 9.39. The van der Waals surface area contributed by atoms with Gasteiger partial charge in [0.1, 0.15) is 0 Å². The van der Waals surface area contributed by atoms with E-state index in [1.807, 2.05) is 36.4 Å². The van der Waals surface area contributed by atoms with E-state index in [2.05, 4.69) is 12.1 Å². The molecule has 2 aliphatic rings. The van der Waals surface area contributed by atoms with Gasteiger partial charge in [0.05, 0.1) is 0 Å². The van der Waals surface area contributed by atoms with Crippen LogP contribution in [-0.2, 0) is 0 Å². The normalized spacial score (nSPS) is 24.4. The minimum atomic E-state index is 0.198. The number of benzene rings is 2. The summed E-state index contributed by atoms with van der Waals surface area (Å²) >= 11 is 0. The molecule has 0 N–H and O–H groups in total. The standard InChI is InChI=1S/C16H12O/c17-16-12-7-3-1-5-10(12)14-9-15(14)11-6-2-4-8-13(11)16/h1-8,14-15H,9H2. The quantitative estimate of drug-likeness (QED) is 0.664. The number of hydrogen-bond acceptors (Lipinski definition) is 1. The van der Waals surface area contributed by atoms with Gasteiger partial charge in [0.2, 0.25) is 0 Å². The molecule has 1 heteroatoms. The van der Waals surface area contributed by atoms with Crippen LogP contribution in [0.4, 0.5) is 0 Å². The van der Waals surface area contributed by atoms with Gasteiger partial charge in [-0.25, -0.2) is 0 Å². The van der Waals surface area contributed by atoms with E-state index in [1.54, 1.807) is 0 Å². The van der Waals surface area contributed by atoms with Crippen molar-refractivity contribution in [1.29, 1.82) is 0 Å². The van der Waals surface area contributed by atoms with Crippen molar-refractivity contribution in [2.24, 2.45) is 0 Å². The Bertz CT molecular complexity index is 573. The molecule has 2 unspecified atom stereocenters. The molecular weight excluding hydrogens is 208 g/mol. The van der Waals surface area contributed by atoms with E-state index >= 15 is 0 Å². The van der Waals surface area contributed by atoms with Gasteiger partial charge >= 0.3 is 0 Å². The minimum Gasteiger partial charge on any atom is -0.289 e. The van der Waals surface area contributed by atoms with E-state index in [0.717, 1.165) is 11.1 Å². The van der Waals surface area contributed by atoms with Gasteiger partial charge in [-0.3, -0.25) is 4.79 Å². The third-order valence-corrected chi connectivity index (χ3v) is 4.00. The van der Waals surface area contributed by atoms with Gasteiger partial charge in [0.15, 0.2) is 5.78 Å². The fourth-order valence-corrected chi connectivity index (χ4v) is 3.08. The first-order valence-corrected chi connectivity index (χ1v) is 6.09. The highest BCUT2D eigenvalue weighted by Crippen LogP contribution is 2.58. The van der Waals surface area contributed by atoms with E-state index in [0.29, 0.717) is 11.8 Å². The summed E-state index contributed by atoms with van der Waals surface area (Å²) in [6.07, 6.45) is 1.20. The molecule has 82 valence electrons. The second kappa shape index (κ2) is 3.07. The van der Waals surface area contributed by atoms with E-state index < -0.39 is 0 Å². The number of fused-ring (bicyclic) bond motifs is 5. The summed E-state index contributed by atoms with van der Waals surface area (Å²) in [7, 11) is 0. The van der Waals surface area contributed by atoms with Gasteiger partial charge in [-0.05, 0) is 29.4 Å². The third kappa shape index (κ3) is 1.17. The Morgan fingerprint density at radius 3 is 1.76 bits per heavy atom. The lowest BCUT2D eigenvalue weighted by molar-refractivity contribution is 0.103. The molecular formula is C16H12O. The molecule has 4 rings (SSSR count). The zero-order chi connectivity index (χ0) is 11.4. The topological polar surface area (TPSA) is 17.1 Å². The van der Waals surface area contributed by atoms with Gasteiger partial charge in [-0.1, -0.05) is 48.5 Å². The van der Waals surface area contributed by atoms with Crippen molar-refractivity contribution in [2.75, 3.05) is 0 Å². The van der Waals surface area contributed by atoms with Gasteiger partial charge in [-0.2, -0.15) is 0 Å². The predicted molar refractivity (Wildman–Crippen MR) is 66.4 cm³/mol. The van der Waals surface area contributed by atoms with Crippen LogP contribution in [0.2, 0.25) is 0 Å². The second-order valence-electron chi connectivity index (χ2n) is 4.95. The minimum absolute atomic E-state index is 0.198. The number of hydrogen-bond donors (Lipinski definition) is 0. The highest BCUT2D eigenvalue weighted by Gasteiger charge is 2.45. The summed E-state index contributed by atoms with van der Waals surface area (Å²) in [4.78, 5) is 12.5. The molecule has 0 saturated heterocycles. The van der Waals surface area contributed by atoms with E-state index in [4.69, 9.17) is 0 Å². The monoisotopic (exact) mass is 220 g/mol. The van der Waals surface area contributed by atoms with Crippen LogP contribution >= 0.6 is 0 Å². The van der Waals surface area contributed by atoms with Gasteiger partial charge in [0.25, 0.3) is 0 Å². The Labute approximate surface area is 100 Å². The van der Waals surface area contributed by atoms with E-state index in [9.17, 15) is 4.79 Å². The molecule has 1 saturated carbocycles. The summed E-state index contributed by atoms with van der Waals surface area (Å²) in [5, 5.41) is 0. The average Bonchev–Trinajstić information content (AvgIpc) is 3.18. The van der Waals surface area contributed by atoms with Crippen LogP contribution in [0.1, 0.15) is 45.3 Å². The van der Waals surface area contributed by atoms with Crippen molar-refractivity contribution in [1.82, 2.24) is 0 Å². The molecule has 1 nitrogen and oxygen atoms in total. The van der Waals surface area contributed by atoms with Crippen LogP contribution < -0.4 is 0 Å². The fraction of sp³-hybridized carbons (Fsp3) is 0.188. The second-order valence-corrected chi connectivity index (χ2v) is 4.95. The molecule has 2 aliphatic carbocycles. The van der Waals surface area contributed by atoms with E-state index in [-0.39, 0.29) is 5.78 Å². The maximum absolute atomic E-state index is 12.5. The van der Waals surface area contributed by atoms with Crippen molar-refractivity contribution in [2.45, 2.75) is 18.3 Å². The molecule has 2 aromatic carbocycles. The summed E-state index contributed by atoms with van der Waals surface area (Å²) in [5.74, 6) is 1.33. The highest BCUT2D eigenvalue weighted by molar-refractivity contribution is 6.12. The van der Waals surface area contributed by atoms with Gasteiger partial charge in [0, 0.05) is 11.1 Å². The Balaban J connectivity index is 2.03. The molecule has 0 bridgehead atoms. The molecule has 2 aromatic rings. The molecule has 0 amide bonds. The summed E-state index contributed by atoms with van der Waals surface area (Å²) < 4.78 is 0. The first kappa shape index (κ1) is 9.17. The lowest BCUT2D eigenvalue weighted by Crippen LogP contribution is -2.04. The van der Waals surface area contributed by atoms with Crippen molar-refractivity contribution in [3.8, 4) is 0 Å². The fourth-order valence-electron chi connectivity index (χ4n) is 3.08. The Morgan fingerprint density at radius 2 is 1.24 bits per heavy atom. The molecule has 0 radical (unpaired) electrons. The summed E-state index contributed by atoms with van der Waals surface area (Å²) in [6, 6.07) is 16.2. The SMILES string of the molecule is O=C1c2ccccc2C2CC2c2ccccc21. The highest BCUT2D eigenvalue weighted by atomic mass is 16.1. The lowest BCUT2D eigenvalue weighted by Gasteiger charge is -2.06. The molecule has 2 atom stereocenters. The van der Waals surface area contributed by atoms with Crippen LogP contribution in [0.5, 0.6) is 0 Å². The molecule has 1 fully saturated rings. The number of rotatable bonds is 0. The van der Waals surface area contributed by atoms with Crippen LogP contribution in [-0.4, -0.2) is 5.78 Å². The van der Waals surface area contributed by atoms with Crippen molar-refractivity contribution in [3.05, 3.63) is 70.8 Å². The Kier molecular flexibility index (Phi) is 1.66. The van der Waals surface area contributed by atoms with Crippen molar-refractivity contribution < 1.29 is 4.79 Å². The van der Waals surface area contributed by atoms with Crippen LogP contribution in [0.15, 0.2) is 48.5 Å². The lowest BCUT2D eigenvalue weighted by atomic mass is 9.96. The largest absolute Gasteiger partial charge is 0.289 e. The number of carbonyl (C=O) groups is 1. The van der Waals surface area contributed by atoms with Crippen molar-refractivity contribution in [3.63, 3.8) is 0 Å². The number of carbonyl (C=O) groups excluding carboxylic acids is 1. The van der Waals surface area contributed by atoms with Crippen LogP contribution in [0.3, 0.4) is 0 Å². The first-order chi connectivity index (χ1) is 8.36. The Hall–Kier alpha value is -1.89. The molecule has 0 aliphatic heterocycles. The Morgan fingerprint density at radius 1 is 0.765 bits per heavy atom. The smallest absolute Gasteiger partial charge is 0.193 e. The predicted octanol–water partition coefficient (Wildman–Crippen LogP) is 3.50.